The number of nitrogens with zero attached hydrogens (tertiary/aromatic N) is 5. The van der Waals surface area contributed by atoms with Gasteiger partial charge in [-0.1, -0.05) is 6.92 Å². The van der Waals surface area contributed by atoms with Crippen molar-refractivity contribution < 1.29 is 4.79 Å². The SMILES string of the molecule is CCC(NC(=O)N1CCN(C)C2(CCN(C)CC2)C1)c1ccnn1C. The van der Waals surface area contributed by atoms with E-state index < -0.39 is 0 Å². The molecule has 3 heterocycles. The molecule has 2 amide bonds. The first kappa shape index (κ1) is 18.2. The van der Waals surface area contributed by atoms with Crippen molar-refractivity contribution in [2.24, 2.45) is 7.05 Å². The highest BCUT2D eigenvalue weighted by Gasteiger charge is 2.42. The summed E-state index contributed by atoms with van der Waals surface area (Å²) in [6.07, 6.45) is 4.90. The zero-order chi connectivity index (χ0) is 18.0. The van der Waals surface area contributed by atoms with Crippen molar-refractivity contribution in [3.63, 3.8) is 0 Å². The number of hydrogen-bond acceptors (Lipinski definition) is 4. The van der Waals surface area contributed by atoms with Gasteiger partial charge in [0.2, 0.25) is 0 Å². The van der Waals surface area contributed by atoms with Crippen LogP contribution in [0.1, 0.15) is 37.9 Å². The van der Waals surface area contributed by atoms with Crippen LogP contribution in [0.5, 0.6) is 0 Å². The molecular formula is C18H32N6O. The van der Waals surface area contributed by atoms with E-state index in [1.165, 1.54) is 0 Å². The van der Waals surface area contributed by atoms with Crippen LogP contribution in [0.4, 0.5) is 4.79 Å². The van der Waals surface area contributed by atoms with Gasteiger partial charge in [0.05, 0.1) is 11.7 Å². The molecule has 25 heavy (non-hydrogen) atoms. The third-order valence-corrected chi connectivity index (χ3v) is 6.13. The summed E-state index contributed by atoms with van der Waals surface area (Å²) in [5.74, 6) is 0. The number of urea groups is 1. The maximum absolute atomic E-state index is 12.9. The summed E-state index contributed by atoms with van der Waals surface area (Å²) in [6, 6.07) is 2.05. The van der Waals surface area contributed by atoms with E-state index >= 15 is 0 Å². The number of likely N-dealkylation sites (tertiary alicyclic amines) is 1. The van der Waals surface area contributed by atoms with Crippen LogP contribution in [0.15, 0.2) is 12.3 Å². The molecule has 1 atom stereocenters. The highest BCUT2D eigenvalue weighted by molar-refractivity contribution is 5.75. The summed E-state index contributed by atoms with van der Waals surface area (Å²) in [7, 11) is 6.32. The number of aromatic nitrogens is 2. The maximum Gasteiger partial charge on any atom is 0.318 e. The fraction of sp³-hybridized carbons (Fsp3) is 0.778. The van der Waals surface area contributed by atoms with Gasteiger partial charge in [0.1, 0.15) is 0 Å². The molecule has 0 saturated carbocycles. The van der Waals surface area contributed by atoms with E-state index in [2.05, 4.69) is 41.2 Å². The number of rotatable bonds is 3. The lowest BCUT2D eigenvalue weighted by Gasteiger charge is -2.52. The van der Waals surface area contributed by atoms with Crippen LogP contribution in [0.3, 0.4) is 0 Å². The number of piperidine rings is 1. The van der Waals surface area contributed by atoms with Gasteiger partial charge in [-0.15, -0.1) is 0 Å². The molecule has 0 bridgehead atoms. The van der Waals surface area contributed by atoms with Crippen LogP contribution < -0.4 is 5.32 Å². The summed E-state index contributed by atoms with van der Waals surface area (Å²) in [5, 5.41) is 7.45. The molecule has 0 radical (unpaired) electrons. The number of carbonyl (C=O) groups excluding carboxylic acids is 1. The van der Waals surface area contributed by atoms with Gasteiger partial charge >= 0.3 is 6.03 Å². The van der Waals surface area contributed by atoms with Gasteiger partial charge in [0.15, 0.2) is 0 Å². The first-order valence-electron chi connectivity index (χ1n) is 9.38. The topological polar surface area (TPSA) is 56.6 Å². The second-order valence-electron chi connectivity index (χ2n) is 7.66. The molecule has 1 N–H and O–H groups in total. The maximum atomic E-state index is 12.9. The van der Waals surface area contributed by atoms with Crippen LogP contribution in [0.25, 0.3) is 0 Å². The van der Waals surface area contributed by atoms with Gasteiger partial charge < -0.3 is 15.1 Å². The monoisotopic (exact) mass is 348 g/mol. The first-order valence-corrected chi connectivity index (χ1v) is 9.38. The number of piperazine rings is 1. The van der Waals surface area contributed by atoms with Crippen molar-refractivity contribution >= 4 is 6.03 Å². The molecule has 140 valence electrons. The van der Waals surface area contributed by atoms with Crippen molar-refractivity contribution in [1.82, 2.24) is 29.8 Å². The second-order valence-corrected chi connectivity index (χ2v) is 7.66. The van der Waals surface area contributed by atoms with Crippen LogP contribution in [-0.2, 0) is 7.05 Å². The van der Waals surface area contributed by atoms with Crippen LogP contribution >= 0.6 is 0 Å². The van der Waals surface area contributed by atoms with Gasteiger partial charge in [-0.25, -0.2) is 4.79 Å². The standard InChI is InChI=1S/C18H32N6O/c1-5-15(16-6-9-19-23(16)4)20-17(25)24-13-12-22(3)18(14-24)7-10-21(2)11-8-18/h6,9,15H,5,7-8,10-14H2,1-4H3,(H,20,25). The predicted octanol–water partition coefficient (Wildman–Crippen LogP) is 1.29. The Balaban J connectivity index is 1.67. The molecule has 1 aromatic heterocycles. The van der Waals surface area contributed by atoms with E-state index in [4.69, 9.17) is 0 Å². The average molecular weight is 348 g/mol. The van der Waals surface area contributed by atoms with Gasteiger partial charge in [-0.3, -0.25) is 9.58 Å². The van der Waals surface area contributed by atoms with Gasteiger partial charge in [0.25, 0.3) is 0 Å². The molecule has 1 unspecified atom stereocenters. The Bertz CT molecular complexity index is 592. The smallest absolute Gasteiger partial charge is 0.318 e. The number of nitrogens with one attached hydrogen (secondary N) is 1. The van der Waals surface area contributed by atoms with E-state index in [0.29, 0.717) is 0 Å². The largest absolute Gasteiger partial charge is 0.330 e. The lowest BCUT2D eigenvalue weighted by molar-refractivity contribution is -0.0100. The Morgan fingerprint density at radius 3 is 2.56 bits per heavy atom. The molecule has 2 aliphatic heterocycles. The molecular weight excluding hydrogens is 316 g/mol. The third-order valence-electron chi connectivity index (χ3n) is 6.13. The van der Waals surface area contributed by atoms with E-state index in [1.54, 1.807) is 6.20 Å². The fourth-order valence-corrected chi connectivity index (χ4v) is 4.16. The Labute approximate surface area is 150 Å². The average Bonchev–Trinajstić information content (AvgIpc) is 3.03. The van der Waals surface area contributed by atoms with Crippen LogP contribution in [0.2, 0.25) is 0 Å². The minimum absolute atomic E-state index is 0.00750. The van der Waals surface area contributed by atoms with Crippen molar-refractivity contribution in [2.45, 2.75) is 37.8 Å². The number of aryl methyl sites for hydroxylation is 1. The minimum atomic E-state index is 0.00750. The van der Waals surface area contributed by atoms with Gasteiger partial charge in [0, 0.05) is 38.4 Å². The van der Waals surface area contributed by atoms with E-state index in [1.807, 2.05) is 22.7 Å². The Morgan fingerprint density at radius 2 is 1.96 bits per heavy atom. The molecule has 2 fully saturated rings. The molecule has 1 aromatic rings. The highest BCUT2D eigenvalue weighted by Crippen LogP contribution is 2.31. The summed E-state index contributed by atoms with van der Waals surface area (Å²) in [5.41, 5.74) is 1.19. The Hall–Kier alpha value is -1.60. The first-order chi connectivity index (χ1) is 11.9. The summed E-state index contributed by atoms with van der Waals surface area (Å²) in [4.78, 5) is 19.8. The Morgan fingerprint density at radius 1 is 1.24 bits per heavy atom. The van der Waals surface area contributed by atoms with Crippen molar-refractivity contribution in [1.29, 1.82) is 0 Å². The number of likely N-dealkylation sites (N-methyl/N-ethyl adjacent to an activating group) is 1. The number of hydrogen-bond donors (Lipinski definition) is 1. The zero-order valence-electron chi connectivity index (χ0n) is 16.0. The normalized spacial score (nSPS) is 23.0. The lowest BCUT2D eigenvalue weighted by atomic mass is 9.84. The predicted molar refractivity (Wildman–Crippen MR) is 98.4 cm³/mol. The molecule has 0 aliphatic carbocycles. The van der Waals surface area contributed by atoms with Gasteiger partial charge in [-0.2, -0.15) is 5.10 Å². The second kappa shape index (κ2) is 7.33. The molecule has 7 heteroatoms. The van der Waals surface area contributed by atoms with Crippen molar-refractivity contribution in [2.75, 3.05) is 46.8 Å². The molecule has 1 spiro atoms. The molecule has 2 aliphatic rings. The fourth-order valence-electron chi connectivity index (χ4n) is 4.16. The molecule has 3 rings (SSSR count). The van der Waals surface area contributed by atoms with E-state index in [0.717, 1.165) is 57.7 Å². The summed E-state index contributed by atoms with van der Waals surface area (Å²) < 4.78 is 1.84. The highest BCUT2D eigenvalue weighted by atomic mass is 16.2. The minimum Gasteiger partial charge on any atom is -0.330 e. The molecule has 0 aromatic carbocycles. The third kappa shape index (κ3) is 3.67. The summed E-state index contributed by atoms with van der Waals surface area (Å²) in [6.45, 7) is 6.87. The van der Waals surface area contributed by atoms with Crippen LogP contribution in [0, 0.1) is 0 Å². The van der Waals surface area contributed by atoms with Crippen molar-refractivity contribution in [3.05, 3.63) is 18.0 Å². The number of amides is 2. The van der Waals surface area contributed by atoms with Gasteiger partial charge in [-0.05, 0) is 52.5 Å². The van der Waals surface area contributed by atoms with Crippen LogP contribution in [-0.4, -0.2) is 82.9 Å². The molecule has 7 nitrogen and oxygen atoms in total. The zero-order valence-corrected chi connectivity index (χ0v) is 16.0. The van der Waals surface area contributed by atoms with E-state index in [9.17, 15) is 4.79 Å². The van der Waals surface area contributed by atoms with Crippen molar-refractivity contribution in [3.8, 4) is 0 Å². The Kier molecular flexibility index (Phi) is 5.34. The number of carbonyl (C=O) groups is 1. The quantitative estimate of drug-likeness (QED) is 0.894. The van der Waals surface area contributed by atoms with E-state index in [-0.39, 0.29) is 17.6 Å². The lowest BCUT2D eigenvalue weighted by Crippen LogP contribution is -2.66. The molecule has 2 saturated heterocycles. The summed E-state index contributed by atoms with van der Waals surface area (Å²) >= 11 is 0.